The number of carbonyl (C=O) groups excluding carboxylic acids is 1. The number of carbonyl (C=O) groups is 1. The van der Waals surface area contributed by atoms with Crippen LogP contribution in [-0.2, 0) is 23.2 Å². The number of rotatable bonds is 8. The zero-order valence-electron chi connectivity index (χ0n) is 23.8. The number of hydrogen-bond donors (Lipinski definition) is 0. The van der Waals surface area contributed by atoms with Crippen LogP contribution in [0.3, 0.4) is 0 Å². The predicted molar refractivity (Wildman–Crippen MR) is 158 cm³/mol. The minimum atomic E-state index is -3.36. The molecule has 2 aliphatic rings. The van der Waals surface area contributed by atoms with E-state index < -0.39 is 34.1 Å². The maximum Gasteiger partial charge on any atom is 0.252 e. The van der Waals surface area contributed by atoms with Gasteiger partial charge in [-0.1, -0.05) is 5.57 Å². The van der Waals surface area contributed by atoms with Crippen molar-refractivity contribution in [3.05, 3.63) is 95.1 Å². The van der Waals surface area contributed by atoms with E-state index in [4.69, 9.17) is 0 Å². The molecule has 8 nitrogen and oxygen atoms in total. The van der Waals surface area contributed by atoms with E-state index >= 15 is 0 Å². The molecule has 0 radical (unpaired) electrons. The van der Waals surface area contributed by atoms with Crippen LogP contribution in [0, 0.1) is 18.2 Å². The smallest absolute Gasteiger partial charge is 0.252 e. The van der Waals surface area contributed by atoms with Gasteiger partial charge < -0.3 is 0 Å². The lowest BCUT2D eigenvalue weighted by atomic mass is 9.60. The van der Waals surface area contributed by atoms with Crippen LogP contribution < -0.4 is 0 Å². The second kappa shape index (κ2) is 10.9. The summed E-state index contributed by atoms with van der Waals surface area (Å²) in [6.07, 6.45) is 6.55. The Morgan fingerprint density at radius 2 is 1.98 bits per heavy atom. The van der Waals surface area contributed by atoms with Gasteiger partial charge in [0.25, 0.3) is 6.43 Å². The zero-order chi connectivity index (χ0) is 30.5. The van der Waals surface area contributed by atoms with Gasteiger partial charge in [-0.25, -0.2) is 26.4 Å². The van der Waals surface area contributed by atoms with Gasteiger partial charge in [-0.15, -0.1) is 0 Å². The predicted octanol–water partition coefficient (Wildman–Crippen LogP) is 5.07. The number of benzene rings is 1. The number of fused-ring (bicyclic) bond motifs is 2. The average molecular weight is 609 g/mol. The lowest BCUT2D eigenvalue weighted by Crippen LogP contribution is -2.51. The van der Waals surface area contributed by atoms with Gasteiger partial charge >= 0.3 is 0 Å². The monoisotopic (exact) mass is 608 g/mol. The van der Waals surface area contributed by atoms with E-state index in [1.165, 1.54) is 33.5 Å². The van der Waals surface area contributed by atoms with E-state index in [2.05, 4.69) is 21.1 Å². The minimum absolute atomic E-state index is 0.147. The second-order valence-corrected chi connectivity index (χ2v) is 13.5. The van der Waals surface area contributed by atoms with Gasteiger partial charge in [-0.05, 0) is 92.1 Å². The molecule has 1 aromatic carbocycles. The summed E-state index contributed by atoms with van der Waals surface area (Å²) in [5, 5.41) is 8.64. The largest absolute Gasteiger partial charge is 0.291 e. The standard InChI is InChI=1S/C31H31F3N6O2S/c1-20-10-11-35-27(12-20)30(41)31-14-21-16-37-40(24-8-5-23(32)6-9-24)28(21)13-22(31)4-7-25(15-31)39(19-29(33)34)43(3,42)26-17-36-38(2)18-26/h5-6,8-13,16-18,25,29H,3-4,7,14-15,19H2,1-2H3/t25-,31-,43?/m0/s1. The third kappa shape index (κ3) is 5.22. The van der Waals surface area contributed by atoms with Crippen molar-refractivity contribution in [3.63, 3.8) is 0 Å². The first-order chi connectivity index (χ1) is 20.5. The quantitative estimate of drug-likeness (QED) is 0.206. The summed E-state index contributed by atoms with van der Waals surface area (Å²) in [6, 6.07) is 8.87. The molecule has 0 bridgehead atoms. The van der Waals surface area contributed by atoms with E-state index in [0.717, 1.165) is 22.4 Å². The Hall–Kier alpha value is -4.03. The number of aromatic nitrogens is 5. The number of hydrogen-bond acceptors (Lipinski definition) is 5. The molecule has 0 amide bonds. The minimum Gasteiger partial charge on any atom is -0.291 e. The zero-order valence-corrected chi connectivity index (χ0v) is 24.6. The summed E-state index contributed by atoms with van der Waals surface area (Å²) in [6.45, 7) is 1.11. The van der Waals surface area contributed by atoms with Crippen molar-refractivity contribution in [2.24, 2.45) is 12.5 Å². The molecule has 4 aromatic rings. The highest BCUT2D eigenvalue weighted by molar-refractivity contribution is 7.98. The van der Waals surface area contributed by atoms with Crippen LogP contribution in [0.1, 0.15) is 46.6 Å². The molecule has 0 N–H and O–H groups in total. The van der Waals surface area contributed by atoms with E-state index in [1.54, 1.807) is 48.4 Å². The number of alkyl halides is 2. The van der Waals surface area contributed by atoms with Crippen LogP contribution in [-0.4, -0.2) is 63.7 Å². The van der Waals surface area contributed by atoms with Crippen molar-refractivity contribution in [2.45, 2.75) is 50.0 Å². The molecule has 224 valence electrons. The maximum absolute atomic E-state index is 14.5. The number of allylic oxidation sites excluding steroid dienone is 1. The summed E-state index contributed by atoms with van der Waals surface area (Å²) < 4.78 is 60.3. The molecule has 3 atom stereocenters. The fourth-order valence-electron chi connectivity index (χ4n) is 6.37. The van der Waals surface area contributed by atoms with Crippen LogP contribution in [0.25, 0.3) is 11.8 Å². The lowest BCUT2D eigenvalue weighted by Gasteiger charge is -2.47. The summed E-state index contributed by atoms with van der Waals surface area (Å²) in [5.41, 5.74) is 3.09. The van der Waals surface area contributed by atoms with Crippen molar-refractivity contribution < 1.29 is 22.2 Å². The molecular weight excluding hydrogens is 577 g/mol. The van der Waals surface area contributed by atoms with Gasteiger partial charge in [0.1, 0.15) is 11.5 Å². The SMILES string of the molecule is C=S(=O)(c1cnn(C)c1)N(CC(F)F)[C@H]1CCC2=Cc3c(cnn3-c3ccc(F)cc3)C[C@]2(C(=O)c2cc(C)ccn2)C1. The van der Waals surface area contributed by atoms with Crippen LogP contribution in [0.15, 0.2) is 71.7 Å². The summed E-state index contributed by atoms with van der Waals surface area (Å²) in [7, 11) is -1.70. The van der Waals surface area contributed by atoms with E-state index in [0.29, 0.717) is 18.5 Å². The molecule has 1 unspecified atom stereocenters. The fourth-order valence-corrected chi connectivity index (χ4v) is 8.18. The van der Waals surface area contributed by atoms with Crippen LogP contribution in [0.2, 0.25) is 0 Å². The van der Waals surface area contributed by atoms with Gasteiger partial charge in [0.05, 0.1) is 50.3 Å². The Bertz CT molecular complexity index is 1830. The molecule has 12 heteroatoms. The van der Waals surface area contributed by atoms with Crippen molar-refractivity contribution in [1.29, 1.82) is 0 Å². The third-order valence-corrected chi connectivity index (χ3v) is 10.6. The Kier molecular flexibility index (Phi) is 7.37. The highest BCUT2D eigenvalue weighted by Gasteiger charge is 2.51. The second-order valence-electron chi connectivity index (χ2n) is 11.3. The van der Waals surface area contributed by atoms with Gasteiger partial charge in [0, 0.05) is 25.5 Å². The Morgan fingerprint density at radius 3 is 2.65 bits per heavy atom. The van der Waals surface area contributed by atoms with Gasteiger partial charge in [-0.2, -0.15) is 10.2 Å². The number of halogens is 3. The highest BCUT2D eigenvalue weighted by atomic mass is 32.2. The Morgan fingerprint density at radius 1 is 1.21 bits per heavy atom. The van der Waals surface area contributed by atoms with E-state index in [-0.39, 0.29) is 35.0 Å². The molecule has 0 spiro atoms. The molecule has 43 heavy (non-hydrogen) atoms. The number of pyridine rings is 1. The molecular formula is C31H31F3N6O2S. The number of ketones is 1. The lowest BCUT2D eigenvalue weighted by molar-refractivity contribution is 0.0666. The van der Waals surface area contributed by atoms with Gasteiger partial charge in [0.2, 0.25) is 0 Å². The first-order valence-electron chi connectivity index (χ1n) is 13.9. The van der Waals surface area contributed by atoms with Crippen molar-refractivity contribution in [3.8, 4) is 5.69 Å². The highest BCUT2D eigenvalue weighted by Crippen LogP contribution is 2.51. The van der Waals surface area contributed by atoms with Gasteiger partial charge in [-0.3, -0.25) is 14.5 Å². The average Bonchev–Trinajstić information content (AvgIpc) is 3.60. The van der Waals surface area contributed by atoms with E-state index in [9.17, 15) is 22.2 Å². The maximum atomic E-state index is 14.5. The number of Topliss-reactive ketones (excluding diaryl/α,β-unsaturated/α-hetero) is 1. The normalized spacial score (nSPS) is 21.3. The first-order valence-corrected chi connectivity index (χ1v) is 15.6. The molecule has 6 rings (SSSR count). The van der Waals surface area contributed by atoms with E-state index in [1.807, 2.05) is 13.0 Å². The molecule has 0 aliphatic heterocycles. The number of nitrogens with zero attached hydrogens (tertiary/aromatic N) is 6. The van der Waals surface area contributed by atoms with Crippen LogP contribution >= 0.6 is 0 Å². The van der Waals surface area contributed by atoms with Crippen molar-refractivity contribution in [2.75, 3.05) is 6.54 Å². The van der Waals surface area contributed by atoms with Gasteiger partial charge in [0.15, 0.2) is 5.78 Å². The van der Waals surface area contributed by atoms with Crippen LogP contribution in [0.5, 0.6) is 0 Å². The Balaban J connectivity index is 1.45. The summed E-state index contributed by atoms with van der Waals surface area (Å²) in [4.78, 5) is 19.1. The van der Waals surface area contributed by atoms with Crippen molar-refractivity contribution in [1.82, 2.24) is 28.9 Å². The fraction of sp³-hybridized carbons (Fsp3) is 0.323. The Labute approximate surface area is 248 Å². The molecule has 1 saturated carbocycles. The summed E-state index contributed by atoms with van der Waals surface area (Å²) in [5.74, 6) is 3.33. The molecule has 3 aromatic heterocycles. The summed E-state index contributed by atoms with van der Waals surface area (Å²) >= 11 is 0. The third-order valence-electron chi connectivity index (χ3n) is 8.44. The van der Waals surface area contributed by atoms with Crippen LogP contribution in [0.4, 0.5) is 13.2 Å². The first kappa shape index (κ1) is 29.1. The molecule has 0 saturated heterocycles. The molecule has 1 fully saturated rings. The number of aryl methyl sites for hydroxylation is 2. The van der Waals surface area contributed by atoms with Crippen molar-refractivity contribution >= 4 is 27.4 Å². The molecule has 2 aliphatic carbocycles. The molecule has 3 heterocycles. The topological polar surface area (TPSA) is 85.9 Å².